The smallest absolute Gasteiger partial charge is 0.216 e. The Balaban J connectivity index is 1.79. The van der Waals surface area contributed by atoms with Gasteiger partial charge in [0.05, 0.1) is 5.60 Å². The molecule has 1 amide bonds. The van der Waals surface area contributed by atoms with E-state index in [1.807, 2.05) is 0 Å². The molecule has 1 saturated heterocycles. The molecular formula is C13H24N2O2. The second-order valence-electron chi connectivity index (χ2n) is 5.58. The number of likely N-dealkylation sites (tertiary alicyclic amines) is 1. The lowest BCUT2D eigenvalue weighted by Gasteiger charge is -2.47. The Labute approximate surface area is 103 Å². The zero-order chi connectivity index (χ0) is 12.3. The van der Waals surface area contributed by atoms with Crippen LogP contribution in [-0.4, -0.2) is 47.7 Å². The van der Waals surface area contributed by atoms with E-state index in [1.165, 1.54) is 12.8 Å². The molecule has 98 valence electrons. The van der Waals surface area contributed by atoms with Crippen molar-refractivity contribution >= 4 is 5.91 Å². The van der Waals surface area contributed by atoms with Gasteiger partial charge in [-0.15, -0.1) is 0 Å². The van der Waals surface area contributed by atoms with Crippen LogP contribution in [0.5, 0.6) is 0 Å². The van der Waals surface area contributed by atoms with Gasteiger partial charge in [-0.3, -0.25) is 4.79 Å². The molecule has 0 spiro atoms. The molecular weight excluding hydrogens is 216 g/mol. The van der Waals surface area contributed by atoms with E-state index in [4.69, 9.17) is 0 Å². The second kappa shape index (κ2) is 5.36. The van der Waals surface area contributed by atoms with E-state index in [0.29, 0.717) is 5.92 Å². The van der Waals surface area contributed by atoms with E-state index in [0.717, 1.165) is 45.4 Å². The van der Waals surface area contributed by atoms with E-state index < -0.39 is 0 Å². The van der Waals surface area contributed by atoms with E-state index in [1.54, 1.807) is 6.92 Å². The van der Waals surface area contributed by atoms with E-state index in [9.17, 15) is 9.90 Å². The first-order chi connectivity index (χ1) is 8.10. The lowest BCUT2D eigenvalue weighted by Crippen LogP contribution is -2.54. The highest BCUT2D eigenvalue weighted by atomic mass is 16.3. The Hall–Kier alpha value is -0.610. The molecule has 0 radical (unpaired) electrons. The summed E-state index contributed by atoms with van der Waals surface area (Å²) in [6.45, 7) is 5.14. The largest absolute Gasteiger partial charge is 0.390 e. The van der Waals surface area contributed by atoms with Crippen molar-refractivity contribution in [2.24, 2.45) is 5.92 Å². The number of amides is 1. The molecule has 2 unspecified atom stereocenters. The highest BCUT2D eigenvalue weighted by molar-refractivity contribution is 5.72. The number of nitrogens with one attached hydrogen (secondary N) is 1. The molecule has 2 aliphatic rings. The van der Waals surface area contributed by atoms with Gasteiger partial charge in [-0.25, -0.2) is 0 Å². The van der Waals surface area contributed by atoms with Crippen molar-refractivity contribution in [3.63, 3.8) is 0 Å². The first-order valence-corrected chi connectivity index (χ1v) is 6.79. The molecule has 2 fully saturated rings. The third-order valence-corrected chi connectivity index (χ3v) is 4.31. The van der Waals surface area contributed by atoms with Crippen molar-refractivity contribution < 1.29 is 9.90 Å². The molecule has 4 heteroatoms. The summed E-state index contributed by atoms with van der Waals surface area (Å²) in [7, 11) is 0. The fourth-order valence-electron chi connectivity index (χ4n) is 3.23. The zero-order valence-corrected chi connectivity index (χ0v) is 10.7. The Bertz CT molecular complexity index is 283. The van der Waals surface area contributed by atoms with Crippen molar-refractivity contribution in [2.75, 3.05) is 26.2 Å². The number of aliphatic hydroxyl groups is 1. The maximum atomic E-state index is 10.8. The summed E-state index contributed by atoms with van der Waals surface area (Å²) < 4.78 is 0. The third-order valence-electron chi connectivity index (χ3n) is 4.31. The molecule has 4 nitrogen and oxygen atoms in total. The summed E-state index contributed by atoms with van der Waals surface area (Å²) in [6.07, 6.45) is 5.48. The van der Waals surface area contributed by atoms with Gasteiger partial charge in [0.2, 0.25) is 5.91 Å². The van der Waals surface area contributed by atoms with Gasteiger partial charge in [0.1, 0.15) is 0 Å². The standard InChI is InChI=1S/C13H24N2O2/c1-11(16)14-7-9-15-8-6-13(17)5-3-2-4-12(13)10-15/h12,17H,2-10H2,1H3,(H,14,16). The predicted octanol–water partition coefficient (Wildman–Crippen LogP) is 0.749. The number of fused-ring (bicyclic) bond motifs is 1. The van der Waals surface area contributed by atoms with Crippen LogP contribution in [0.4, 0.5) is 0 Å². The number of carbonyl (C=O) groups excluding carboxylic acids is 1. The Morgan fingerprint density at radius 2 is 2.29 bits per heavy atom. The summed E-state index contributed by atoms with van der Waals surface area (Å²) in [5.41, 5.74) is -0.386. The van der Waals surface area contributed by atoms with E-state index >= 15 is 0 Å². The van der Waals surface area contributed by atoms with Crippen LogP contribution in [0.2, 0.25) is 0 Å². The molecule has 1 aliphatic carbocycles. The van der Waals surface area contributed by atoms with Crippen LogP contribution < -0.4 is 5.32 Å². The first-order valence-electron chi connectivity index (χ1n) is 6.79. The minimum absolute atomic E-state index is 0.0381. The SMILES string of the molecule is CC(=O)NCCN1CCC2(O)CCCCC2C1. The summed E-state index contributed by atoms with van der Waals surface area (Å²) in [4.78, 5) is 13.2. The molecule has 1 aliphatic heterocycles. The van der Waals surface area contributed by atoms with E-state index in [-0.39, 0.29) is 11.5 Å². The third kappa shape index (κ3) is 3.19. The maximum Gasteiger partial charge on any atom is 0.216 e. The molecule has 0 aromatic carbocycles. The van der Waals surface area contributed by atoms with Crippen molar-refractivity contribution in [1.82, 2.24) is 10.2 Å². The second-order valence-corrected chi connectivity index (χ2v) is 5.58. The van der Waals surface area contributed by atoms with Gasteiger partial charge in [0, 0.05) is 39.0 Å². The van der Waals surface area contributed by atoms with Gasteiger partial charge in [0.15, 0.2) is 0 Å². The minimum Gasteiger partial charge on any atom is -0.390 e. The van der Waals surface area contributed by atoms with Gasteiger partial charge < -0.3 is 15.3 Å². The zero-order valence-electron chi connectivity index (χ0n) is 10.7. The van der Waals surface area contributed by atoms with Crippen LogP contribution >= 0.6 is 0 Å². The molecule has 0 bridgehead atoms. The van der Waals surface area contributed by atoms with Crippen molar-refractivity contribution in [3.05, 3.63) is 0 Å². The monoisotopic (exact) mass is 240 g/mol. The van der Waals surface area contributed by atoms with Gasteiger partial charge in [-0.2, -0.15) is 0 Å². The Morgan fingerprint density at radius 3 is 3.06 bits per heavy atom. The van der Waals surface area contributed by atoms with Gasteiger partial charge in [-0.05, 0) is 19.3 Å². The van der Waals surface area contributed by atoms with Crippen LogP contribution in [0.3, 0.4) is 0 Å². The normalized spacial score (nSPS) is 34.1. The summed E-state index contributed by atoms with van der Waals surface area (Å²) in [5, 5.41) is 13.4. The molecule has 1 heterocycles. The van der Waals surface area contributed by atoms with Crippen molar-refractivity contribution in [3.8, 4) is 0 Å². The number of carbonyl (C=O) groups is 1. The average Bonchev–Trinajstić information content (AvgIpc) is 2.28. The fourth-order valence-corrected chi connectivity index (χ4v) is 3.23. The molecule has 0 aromatic heterocycles. The highest BCUT2D eigenvalue weighted by Crippen LogP contribution is 2.39. The van der Waals surface area contributed by atoms with Crippen LogP contribution in [0.15, 0.2) is 0 Å². The summed E-state index contributed by atoms with van der Waals surface area (Å²) in [5.74, 6) is 0.485. The molecule has 17 heavy (non-hydrogen) atoms. The van der Waals surface area contributed by atoms with Crippen LogP contribution in [0.25, 0.3) is 0 Å². The maximum absolute atomic E-state index is 10.8. The molecule has 2 N–H and O–H groups in total. The lowest BCUT2D eigenvalue weighted by atomic mass is 9.71. The Morgan fingerprint density at radius 1 is 1.47 bits per heavy atom. The van der Waals surface area contributed by atoms with Crippen molar-refractivity contribution in [2.45, 2.75) is 44.6 Å². The van der Waals surface area contributed by atoms with E-state index in [2.05, 4.69) is 10.2 Å². The number of hydrogen-bond donors (Lipinski definition) is 2. The fraction of sp³-hybridized carbons (Fsp3) is 0.923. The molecule has 2 atom stereocenters. The van der Waals surface area contributed by atoms with Crippen molar-refractivity contribution in [1.29, 1.82) is 0 Å². The summed E-state index contributed by atoms with van der Waals surface area (Å²) >= 11 is 0. The van der Waals surface area contributed by atoms with Gasteiger partial charge in [-0.1, -0.05) is 12.8 Å². The number of nitrogens with zero attached hydrogens (tertiary/aromatic N) is 1. The van der Waals surface area contributed by atoms with Crippen LogP contribution in [0.1, 0.15) is 39.0 Å². The number of rotatable bonds is 3. The van der Waals surface area contributed by atoms with Crippen LogP contribution in [0, 0.1) is 5.92 Å². The highest BCUT2D eigenvalue weighted by Gasteiger charge is 2.42. The molecule has 2 rings (SSSR count). The van der Waals surface area contributed by atoms with Crippen LogP contribution in [-0.2, 0) is 4.79 Å². The molecule has 1 saturated carbocycles. The Kier molecular flexibility index (Phi) is 4.05. The topological polar surface area (TPSA) is 52.6 Å². The number of piperidine rings is 1. The average molecular weight is 240 g/mol. The van der Waals surface area contributed by atoms with Gasteiger partial charge >= 0.3 is 0 Å². The molecule has 0 aromatic rings. The quantitative estimate of drug-likeness (QED) is 0.765. The number of hydrogen-bond acceptors (Lipinski definition) is 3. The first kappa shape index (κ1) is 12.8. The predicted molar refractivity (Wildman–Crippen MR) is 66.6 cm³/mol. The minimum atomic E-state index is -0.386. The van der Waals surface area contributed by atoms with Gasteiger partial charge in [0.25, 0.3) is 0 Å². The lowest BCUT2D eigenvalue weighted by molar-refractivity contribution is -0.119. The summed E-state index contributed by atoms with van der Waals surface area (Å²) in [6, 6.07) is 0.